The smallest absolute Gasteiger partial charge is 0.231 e. The Morgan fingerprint density at radius 1 is 1.14 bits per heavy atom. The first-order chi connectivity index (χ1) is 10.6. The molecule has 0 aliphatic rings. The third kappa shape index (κ3) is 1.91. The van der Waals surface area contributed by atoms with E-state index in [-0.39, 0.29) is 5.82 Å². The van der Waals surface area contributed by atoms with Crippen LogP contribution in [0.2, 0.25) is 0 Å². The topological polar surface area (TPSA) is 16.8 Å². The van der Waals surface area contributed by atoms with Gasteiger partial charge in [0.25, 0.3) is 6.33 Å². The number of nitrogens with zero attached hydrogens (tertiary/aromatic N) is 2. The Morgan fingerprint density at radius 2 is 1.95 bits per heavy atom. The van der Waals surface area contributed by atoms with Gasteiger partial charge < -0.3 is 0 Å². The highest BCUT2D eigenvalue weighted by Crippen LogP contribution is 2.37. The van der Waals surface area contributed by atoms with E-state index in [1.807, 2.05) is 36.1 Å². The Morgan fingerprint density at radius 3 is 2.77 bits per heavy atom. The second-order valence-corrected chi connectivity index (χ2v) is 6.49. The molecular formula is C18H14FN2S+. The van der Waals surface area contributed by atoms with E-state index in [2.05, 4.69) is 24.0 Å². The van der Waals surface area contributed by atoms with E-state index >= 15 is 0 Å². The maximum atomic E-state index is 13.5. The van der Waals surface area contributed by atoms with Crippen LogP contribution >= 0.6 is 11.3 Å². The van der Waals surface area contributed by atoms with Crippen molar-refractivity contribution in [3.63, 3.8) is 0 Å². The van der Waals surface area contributed by atoms with Crippen molar-refractivity contribution in [2.75, 3.05) is 0 Å². The molecule has 0 spiro atoms. The first kappa shape index (κ1) is 13.3. The van der Waals surface area contributed by atoms with Crippen molar-refractivity contribution in [3.05, 3.63) is 60.2 Å². The fourth-order valence-electron chi connectivity index (χ4n) is 2.86. The highest BCUT2D eigenvalue weighted by molar-refractivity contribution is 7.26. The Kier molecular flexibility index (Phi) is 2.94. The lowest BCUT2D eigenvalue weighted by Gasteiger charge is -2.06. The van der Waals surface area contributed by atoms with Crippen molar-refractivity contribution >= 4 is 31.6 Å². The van der Waals surface area contributed by atoms with Crippen LogP contribution in [0.5, 0.6) is 0 Å². The number of rotatable bonds is 1. The van der Waals surface area contributed by atoms with Crippen LogP contribution < -0.4 is 4.57 Å². The lowest BCUT2D eigenvalue weighted by molar-refractivity contribution is -0.662. The fraction of sp³-hybridized carbons (Fsp3) is 0.111. The van der Waals surface area contributed by atoms with Crippen molar-refractivity contribution in [1.29, 1.82) is 0 Å². The molecule has 0 saturated heterocycles. The quantitative estimate of drug-likeness (QED) is 0.477. The predicted molar refractivity (Wildman–Crippen MR) is 88.4 cm³/mol. The Labute approximate surface area is 131 Å². The molecule has 22 heavy (non-hydrogen) atoms. The molecule has 0 N–H and O–H groups in total. The summed E-state index contributed by atoms with van der Waals surface area (Å²) in [6, 6.07) is 13.2. The third-order valence-corrected chi connectivity index (χ3v) is 5.10. The van der Waals surface area contributed by atoms with Crippen molar-refractivity contribution in [3.8, 4) is 11.3 Å². The predicted octanol–water partition coefficient (Wildman–Crippen LogP) is 4.39. The van der Waals surface area contributed by atoms with Gasteiger partial charge in [0.15, 0.2) is 5.69 Å². The van der Waals surface area contributed by atoms with E-state index in [0.29, 0.717) is 0 Å². The van der Waals surface area contributed by atoms with Crippen LogP contribution in [0.15, 0.2) is 48.8 Å². The van der Waals surface area contributed by atoms with E-state index in [1.54, 1.807) is 17.4 Å². The summed E-state index contributed by atoms with van der Waals surface area (Å²) in [4.78, 5) is 4.57. The molecule has 0 aliphatic carbocycles. The van der Waals surface area contributed by atoms with Gasteiger partial charge in [0.05, 0.1) is 7.05 Å². The SMILES string of the molecule is Cc1ccccc1-c1c2sc3cc(F)ccc3c2nc[n+]1C. The number of fused-ring (bicyclic) bond motifs is 3. The van der Waals surface area contributed by atoms with Crippen LogP contribution in [0.1, 0.15) is 5.56 Å². The summed E-state index contributed by atoms with van der Waals surface area (Å²) in [6.45, 7) is 2.11. The molecule has 4 heteroatoms. The largest absolute Gasteiger partial charge is 0.287 e. The van der Waals surface area contributed by atoms with Crippen molar-refractivity contribution in [1.82, 2.24) is 4.98 Å². The highest BCUT2D eigenvalue weighted by atomic mass is 32.1. The van der Waals surface area contributed by atoms with Crippen LogP contribution in [-0.2, 0) is 7.05 Å². The van der Waals surface area contributed by atoms with Gasteiger partial charge in [0.2, 0.25) is 5.52 Å². The molecule has 0 aliphatic heterocycles. The first-order valence-corrected chi connectivity index (χ1v) is 7.89. The molecule has 2 aromatic heterocycles. The molecule has 2 nitrogen and oxygen atoms in total. The van der Waals surface area contributed by atoms with E-state index < -0.39 is 0 Å². The second kappa shape index (κ2) is 4.85. The number of thiophene rings is 1. The monoisotopic (exact) mass is 309 g/mol. The maximum absolute atomic E-state index is 13.5. The molecule has 4 aromatic rings. The van der Waals surface area contributed by atoms with Crippen molar-refractivity contribution in [2.45, 2.75) is 6.92 Å². The van der Waals surface area contributed by atoms with Gasteiger partial charge in [-0.1, -0.05) is 24.3 Å². The first-order valence-electron chi connectivity index (χ1n) is 7.07. The highest BCUT2D eigenvalue weighted by Gasteiger charge is 2.21. The van der Waals surface area contributed by atoms with Crippen LogP contribution in [0, 0.1) is 12.7 Å². The van der Waals surface area contributed by atoms with Crippen molar-refractivity contribution in [2.24, 2.45) is 7.05 Å². The Balaban J connectivity index is 2.16. The third-order valence-electron chi connectivity index (χ3n) is 3.95. The number of aryl methyl sites for hydroxylation is 2. The summed E-state index contributed by atoms with van der Waals surface area (Å²) in [5.41, 5.74) is 4.47. The van der Waals surface area contributed by atoms with E-state index in [9.17, 15) is 4.39 Å². The van der Waals surface area contributed by atoms with Crippen LogP contribution in [0.25, 0.3) is 31.6 Å². The molecule has 108 valence electrons. The molecule has 0 radical (unpaired) electrons. The van der Waals surface area contributed by atoms with Gasteiger partial charge in [-0.25, -0.2) is 8.96 Å². The molecule has 0 amide bonds. The Bertz CT molecular complexity index is 1020. The van der Waals surface area contributed by atoms with Crippen LogP contribution in [0.4, 0.5) is 4.39 Å². The van der Waals surface area contributed by atoms with E-state index in [0.717, 1.165) is 26.0 Å². The molecule has 2 heterocycles. The van der Waals surface area contributed by atoms with E-state index in [1.165, 1.54) is 17.2 Å². The minimum atomic E-state index is -0.208. The number of halogens is 1. The molecular weight excluding hydrogens is 295 g/mol. The summed E-state index contributed by atoms with van der Waals surface area (Å²) in [5.74, 6) is -0.208. The molecule has 0 fully saturated rings. The number of aromatic nitrogens is 2. The minimum Gasteiger partial charge on any atom is -0.231 e. The fourth-order valence-corrected chi connectivity index (χ4v) is 4.13. The van der Waals surface area contributed by atoms with Gasteiger partial charge in [-0.05, 0) is 35.7 Å². The molecule has 0 atom stereocenters. The lowest BCUT2D eigenvalue weighted by Crippen LogP contribution is -2.31. The second-order valence-electron chi connectivity index (χ2n) is 5.44. The van der Waals surface area contributed by atoms with Gasteiger partial charge in [-0.3, -0.25) is 0 Å². The summed E-state index contributed by atoms with van der Waals surface area (Å²) in [7, 11) is 2.00. The van der Waals surface area contributed by atoms with Gasteiger partial charge in [0.1, 0.15) is 10.5 Å². The molecule has 0 bridgehead atoms. The van der Waals surface area contributed by atoms with Gasteiger partial charge in [-0.15, -0.1) is 11.3 Å². The normalized spacial score (nSPS) is 11.4. The van der Waals surface area contributed by atoms with Crippen LogP contribution in [0.3, 0.4) is 0 Å². The minimum absolute atomic E-state index is 0.208. The van der Waals surface area contributed by atoms with Gasteiger partial charge in [0, 0.05) is 15.6 Å². The zero-order chi connectivity index (χ0) is 15.3. The zero-order valence-corrected chi connectivity index (χ0v) is 13.1. The maximum Gasteiger partial charge on any atom is 0.287 e. The van der Waals surface area contributed by atoms with Crippen LogP contribution in [-0.4, -0.2) is 4.98 Å². The number of hydrogen-bond acceptors (Lipinski definition) is 2. The molecule has 2 aromatic carbocycles. The van der Waals surface area contributed by atoms with E-state index in [4.69, 9.17) is 0 Å². The molecule has 4 rings (SSSR count). The summed E-state index contributed by atoms with van der Waals surface area (Å²) >= 11 is 1.60. The average Bonchev–Trinajstić information content (AvgIpc) is 2.85. The summed E-state index contributed by atoms with van der Waals surface area (Å²) < 4.78 is 17.6. The number of benzene rings is 2. The zero-order valence-electron chi connectivity index (χ0n) is 12.3. The van der Waals surface area contributed by atoms with Crippen molar-refractivity contribution < 1.29 is 8.96 Å². The van der Waals surface area contributed by atoms with Gasteiger partial charge >= 0.3 is 0 Å². The summed E-state index contributed by atoms with van der Waals surface area (Å²) in [6.07, 6.45) is 1.83. The van der Waals surface area contributed by atoms with Gasteiger partial charge in [-0.2, -0.15) is 0 Å². The standard InChI is InChI=1S/C18H14FN2S/c1-11-5-3-4-6-13(11)17-18-16(20-10-21(17)2)14-8-7-12(19)9-15(14)22-18/h3-10H,1-2H3/q+1. The molecule has 0 unspecified atom stereocenters. The number of hydrogen-bond donors (Lipinski definition) is 0. The Hall–Kier alpha value is -2.33. The molecule has 0 saturated carbocycles. The summed E-state index contributed by atoms with van der Waals surface area (Å²) in [5, 5.41) is 1.01. The average molecular weight is 309 g/mol. The lowest BCUT2D eigenvalue weighted by atomic mass is 10.0.